The second-order valence-electron chi connectivity index (χ2n) is 3.52. The zero-order valence-electron chi connectivity index (χ0n) is 9.71. The summed E-state index contributed by atoms with van der Waals surface area (Å²) < 4.78 is 5.08. The van der Waals surface area contributed by atoms with Crippen molar-refractivity contribution in [2.75, 3.05) is 13.7 Å². The van der Waals surface area contributed by atoms with Gasteiger partial charge in [0.25, 0.3) is 0 Å². The molecule has 1 N–H and O–H groups in total. The minimum atomic E-state index is -0.198. The predicted molar refractivity (Wildman–Crippen MR) is 65.1 cm³/mol. The largest absolute Gasteiger partial charge is 0.495 e. The Hall–Kier alpha value is -1.73. The van der Waals surface area contributed by atoms with E-state index in [2.05, 4.69) is 5.32 Å². The van der Waals surface area contributed by atoms with Crippen LogP contribution in [0.4, 0.5) is 0 Å². The molecule has 0 atom stereocenters. The average Bonchev–Trinajstić information content (AvgIpc) is 2.30. The van der Waals surface area contributed by atoms with Gasteiger partial charge in [-0.25, -0.2) is 0 Å². The summed E-state index contributed by atoms with van der Waals surface area (Å²) in [5, 5.41) is 11.3. The average molecular weight is 253 g/mol. The summed E-state index contributed by atoms with van der Waals surface area (Å²) in [6, 6.07) is 5.35. The standard InChI is InChI=1S/C12H13ClN2O2/c1-8-5-11(17-2)10(13)6-9(8)7-12(16)15-4-3-14/h5-6H,4,7H2,1-2H3,(H,15,16). The van der Waals surface area contributed by atoms with Crippen LogP contribution >= 0.6 is 11.6 Å². The first kappa shape index (κ1) is 13.3. The van der Waals surface area contributed by atoms with Gasteiger partial charge in [-0.15, -0.1) is 0 Å². The van der Waals surface area contributed by atoms with Gasteiger partial charge in [0.15, 0.2) is 0 Å². The lowest BCUT2D eigenvalue weighted by Crippen LogP contribution is -2.25. The van der Waals surface area contributed by atoms with Gasteiger partial charge < -0.3 is 10.1 Å². The molecule has 1 amide bonds. The molecule has 1 rings (SSSR count). The van der Waals surface area contributed by atoms with E-state index in [4.69, 9.17) is 21.6 Å². The Morgan fingerprint density at radius 3 is 2.88 bits per heavy atom. The van der Waals surface area contributed by atoms with E-state index in [-0.39, 0.29) is 18.9 Å². The summed E-state index contributed by atoms with van der Waals surface area (Å²) in [6.45, 7) is 1.90. The second kappa shape index (κ2) is 6.12. The smallest absolute Gasteiger partial charge is 0.225 e. The van der Waals surface area contributed by atoms with Gasteiger partial charge in [0.05, 0.1) is 24.6 Å². The highest BCUT2D eigenvalue weighted by molar-refractivity contribution is 6.32. The molecule has 0 unspecified atom stereocenters. The fourth-order valence-electron chi connectivity index (χ4n) is 1.42. The molecule has 0 saturated heterocycles. The van der Waals surface area contributed by atoms with Crippen LogP contribution in [0.1, 0.15) is 11.1 Å². The van der Waals surface area contributed by atoms with Crippen LogP contribution in [0.2, 0.25) is 5.02 Å². The SMILES string of the molecule is COc1cc(C)c(CC(=O)NCC#N)cc1Cl. The third-order valence-corrected chi connectivity index (χ3v) is 2.62. The molecule has 0 spiro atoms. The lowest BCUT2D eigenvalue weighted by Gasteiger charge is -2.09. The Morgan fingerprint density at radius 1 is 1.59 bits per heavy atom. The lowest BCUT2D eigenvalue weighted by atomic mass is 10.0. The Bertz CT molecular complexity index is 466. The quantitative estimate of drug-likeness (QED) is 0.832. The zero-order chi connectivity index (χ0) is 12.8. The van der Waals surface area contributed by atoms with Crippen LogP contribution < -0.4 is 10.1 Å². The van der Waals surface area contributed by atoms with Crippen LogP contribution in [0, 0.1) is 18.3 Å². The molecule has 0 aliphatic heterocycles. The van der Waals surface area contributed by atoms with Crippen molar-refractivity contribution in [3.63, 3.8) is 0 Å². The number of methoxy groups -OCH3 is 1. The Morgan fingerprint density at radius 2 is 2.29 bits per heavy atom. The molecule has 0 aromatic heterocycles. The minimum Gasteiger partial charge on any atom is -0.495 e. The number of amides is 1. The maximum atomic E-state index is 11.5. The molecule has 0 radical (unpaired) electrons. The molecule has 0 saturated carbocycles. The van der Waals surface area contributed by atoms with Crippen molar-refractivity contribution in [1.29, 1.82) is 5.26 Å². The topological polar surface area (TPSA) is 62.1 Å². The van der Waals surface area contributed by atoms with Crippen LogP contribution in [-0.2, 0) is 11.2 Å². The van der Waals surface area contributed by atoms with Gasteiger partial charge in [0.2, 0.25) is 5.91 Å². The van der Waals surface area contributed by atoms with Crippen molar-refractivity contribution in [3.05, 3.63) is 28.3 Å². The van der Waals surface area contributed by atoms with Gasteiger partial charge in [-0.3, -0.25) is 4.79 Å². The Kier molecular flexibility index (Phi) is 4.80. The van der Waals surface area contributed by atoms with Crippen molar-refractivity contribution in [1.82, 2.24) is 5.32 Å². The summed E-state index contributed by atoms with van der Waals surface area (Å²) in [7, 11) is 1.54. The summed E-state index contributed by atoms with van der Waals surface area (Å²) in [5.74, 6) is 0.390. The minimum absolute atomic E-state index is 0.0156. The van der Waals surface area contributed by atoms with Crippen LogP contribution in [0.3, 0.4) is 0 Å². The molecule has 4 nitrogen and oxygen atoms in total. The van der Waals surface area contributed by atoms with E-state index in [0.717, 1.165) is 11.1 Å². The Labute approximate surface area is 105 Å². The summed E-state index contributed by atoms with van der Waals surface area (Å²) in [4.78, 5) is 11.5. The van der Waals surface area contributed by atoms with Crippen LogP contribution in [0.5, 0.6) is 5.75 Å². The second-order valence-corrected chi connectivity index (χ2v) is 3.93. The van der Waals surface area contributed by atoms with Crippen molar-refractivity contribution < 1.29 is 9.53 Å². The maximum Gasteiger partial charge on any atom is 0.225 e. The molecule has 1 aromatic carbocycles. The molecule has 0 fully saturated rings. The third-order valence-electron chi connectivity index (χ3n) is 2.33. The first-order chi connectivity index (χ1) is 8.08. The van der Waals surface area contributed by atoms with Crippen LogP contribution in [-0.4, -0.2) is 19.6 Å². The van der Waals surface area contributed by atoms with Gasteiger partial charge in [-0.2, -0.15) is 5.26 Å². The number of carbonyl (C=O) groups is 1. The van der Waals surface area contributed by atoms with E-state index in [9.17, 15) is 4.79 Å². The molecule has 17 heavy (non-hydrogen) atoms. The fourth-order valence-corrected chi connectivity index (χ4v) is 1.68. The highest BCUT2D eigenvalue weighted by Gasteiger charge is 2.09. The van der Waals surface area contributed by atoms with Crippen molar-refractivity contribution >= 4 is 17.5 Å². The number of nitrogens with one attached hydrogen (secondary N) is 1. The first-order valence-corrected chi connectivity index (χ1v) is 5.43. The van der Waals surface area contributed by atoms with Gasteiger partial charge in [-0.05, 0) is 30.2 Å². The molecule has 0 heterocycles. The molecular weight excluding hydrogens is 240 g/mol. The number of hydrogen-bond donors (Lipinski definition) is 1. The molecule has 0 aliphatic carbocycles. The van der Waals surface area contributed by atoms with Crippen LogP contribution in [0.25, 0.3) is 0 Å². The van der Waals surface area contributed by atoms with Gasteiger partial charge in [0, 0.05) is 0 Å². The van der Waals surface area contributed by atoms with E-state index in [1.165, 1.54) is 0 Å². The van der Waals surface area contributed by atoms with E-state index < -0.39 is 0 Å². The number of halogens is 1. The van der Waals surface area contributed by atoms with E-state index in [1.54, 1.807) is 19.2 Å². The van der Waals surface area contributed by atoms with E-state index in [0.29, 0.717) is 10.8 Å². The summed E-state index contributed by atoms with van der Waals surface area (Å²) in [5.41, 5.74) is 1.75. The van der Waals surface area contributed by atoms with E-state index >= 15 is 0 Å². The van der Waals surface area contributed by atoms with Gasteiger partial charge in [-0.1, -0.05) is 11.6 Å². The molecule has 0 aliphatic rings. The van der Waals surface area contributed by atoms with E-state index in [1.807, 2.05) is 13.0 Å². The first-order valence-electron chi connectivity index (χ1n) is 5.05. The number of hydrogen-bond acceptors (Lipinski definition) is 3. The molecule has 90 valence electrons. The molecular formula is C12H13ClN2O2. The zero-order valence-corrected chi connectivity index (χ0v) is 10.5. The number of benzene rings is 1. The lowest BCUT2D eigenvalue weighted by molar-refractivity contribution is -0.120. The normalized spacial score (nSPS) is 9.53. The summed E-state index contributed by atoms with van der Waals surface area (Å²) >= 11 is 5.98. The monoisotopic (exact) mass is 252 g/mol. The number of ether oxygens (including phenoxy) is 1. The van der Waals surface area contributed by atoms with Gasteiger partial charge >= 0.3 is 0 Å². The number of nitriles is 1. The number of aryl methyl sites for hydroxylation is 1. The fraction of sp³-hybridized carbons (Fsp3) is 0.333. The molecule has 0 bridgehead atoms. The predicted octanol–water partition coefficient (Wildman–Crippen LogP) is 1.84. The summed E-state index contributed by atoms with van der Waals surface area (Å²) in [6.07, 6.45) is 0.206. The van der Waals surface area contributed by atoms with Crippen LogP contribution in [0.15, 0.2) is 12.1 Å². The van der Waals surface area contributed by atoms with Crippen molar-refractivity contribution in [2.45, 2.75) is 13.3 Å². The highest BCUT2D eigenvalue weighted by atomic mass is 35.5. The highest BCUT2D eigenvalue weighted by Crippen LogP contribution is 2.27. The maximum absolute atomic E-state index is 11.5. The van der Waals surface area contributed by atoms with Gasteiger partial charge in [0.1, 0.15) is 12.3 Å². The number of rotatable bonds is 4. The molecule has 1 aromatic rings. The third kappa shape index (κ3) is 3.65. The number of carbonyl (C=O) groups excluding carboxylic acids is 1. The number of nitrogens with zero attached hydrogens (tertiary/aromatic N) is 1. The van der Waals surface area contributed by atoms with Crippen molar-refractivity contribution in [3.8, 4) is 11.8 Å². The Balaban J connectivity index is 2.82. The van der Waals surface area contributed by atoms with Crippen molar-refractivity contribution in [2.24, 2.45) is 0 Å². The molecule has 5 heteroatoms.